The Labute approximate surface area is 160 Å². The molecule has 1 aromatic rings. The van der Waals surface area contributed by atoms with E-state index in [4.69, 9.17) is 10.5 Å². The Balaban J connectivity index is 0.00000243. The van der Waals surface area contributed by atoms with Crippen LogP contribution < -0.4 is 11.1 Å². The summed E-state index contributed by atoms with van der Waals surface area (Å²) in [4.78, 5) is 12.6. The molecular weight excluding hydrogens is 378 g/mol. The highest BCUT2D eigenvalue weighted by Gasteiger charge is 2.29. The van der Waals surface area contributed by atoms with E-state index in [-0.39, 0.29) is 29.3 Å². The minimum Gasteiger partial charge on any atom is -0.379 e. The van der Waals surface area contributed by atoms with Crippen LogP contribution in [-0.4, -0.2) is 57.5 Å². The van der Waals surface area contributed by atoms with Crippen molar-refractivity contribution < 1.29 is 17.9 Å². The third-order valence-electron chi connectivity index (χ3n) is 4.79. The summed E-state index contributed by atoms with van der Waals surface area (Å²) in [6.07, 6.45) is 2.23. The SMILES string of the molecule is Cc1ccc(S(=O)(=O)N2CCOCC2)cc1C(=O)NCC(N)C1CC1.Cl. The van der Waals surface area contributed by atoms with Crippen LogP contribution in [0.15, 0.2) is 23.1 Å². The van der Waals surface area contributed by atoms with Gasteiger partial charge < -0.3 is 15.8 Å². The first kappa shape index (κ1) is 21.1. The van der Waals surface area contributed by atoms with Gasteiger partial charge in [0.15, 0.2) is 0 Å². The van der Waals surface area contributed by atoms with Gasteiger partial charge in [0.2, 0.25) is 10.0 Å². The fourth-order valence-corrected chi connectivity index (χ4v) is 4.37. The number of nitrogens with two attached hydrogens (primary N) is 1. The molecule has 3 N–H and O–H groups in total. The Morgan fingerprint density at radius 3 is 2.62 bits per heavy atom. The van der Waals surface area contributed by atoms with Gasteiger partial charge >= 0.3 is 0 Å². The molecule has 1 heterocycles. The molecule has 1 unspecified atom stereocenters. The third-order valence-corrected chi connectivity index (χ3v) is 6.68. The molecule has 146 valence electrons. The number of rotatable bonds is 6. The summed E-state index contributed by atoms with van der Waals surface area (Å²) in [7, 11) is -3.62. The van der Waals surface area contributed by atoms with Crippen LogP contribution in [0.4, 0.5) is 0 Å². The van der Waals surface area contributed by atoms with Crippen LogP contribution in [0.1, 0.15) is 28.8 Å². The average Bonchev–Trinajstić information content (AvgIpc) is 3.45. The Hall–Kier alpha value is -1.19. The zero-order valence-corrected chi connectivity index (χ0v) is 16.4. The summed E-state index contributed by atoms with van der Waals surface area (Å²) in [5.41, 5.74) is 7.12. The number of hydrogen-bond donors (Lipinski definition) is 2. The van der Waals surface area contributed by atoms with Crippen LogP contribution in [0.2, 0.25) is 0 Å². The van der Waals surface area contributed by atoms with E-state index >= 15 is 0 Å². The summed E-state index contributed by atoms with van der Waals surface area (Å²) < 4.78 is 32.1. The van der Waals surface area contributed by atoms with E-state index in [1.807, 2.05) is 0 Å². The molecular formula is C17H26ClN3O4S. The highest BCUT2D eigenvalue weighted by atomic mass is 35.5. The van der Waals surface area contributed by atoms with Crippen molar-refractivity contribution in [3.63, 3.8) is 0 Å². The molecule has 0 radical (unpaired) electrons. The van der Waals surface area contributed by atoms with Gasteiger partial charge in [-0.3, -0.25) is 4.79 Å². The first-order valence-corrected chi connectivity index (χ1v) is 10.1. The number of carbonyl (C=O) groups is 1. The van der Waals surface area contributed by atoms with E-state index in [0.29, 0.717) is 44.3 Å². The normalized spacial score (nSPS) is 19.5. The van der Waals surface area contributed by atoms with Gasteiger partial charge in [-0.1, -0.05) is 6.07 Å². The maximum absolute atomic E-state index is 12.8. The van der Waals surface area contributed by atoms with E-state index in [0.717, 1.165) is 18.4 Å². The van der Waals surface area contributed by atoms with Gasteiger partial charge in [-0.25, -0.2) is 8.42 Å². The summed E-state index contributed by atoms with van der Waals surface area (Å²) in [5.74, 6) is 0.210. The minimum absolute atomic E-state index is 0. The maximum Gasteiger partial charge on any atom is 0.251 e. The van der Waals surface area contributed by atoms with Gasteiger partial charge in [-0.2, -0.15) is 4.31 Å². The molecule has 26 heavy (non-hydrogen) atoms. The highest BCUT2D eigenvalue weighted by molar-refractivity contribution is 7.89. The molecule has 0 bridgehead atoms. The average molecular weight is 404 g/mol. The van der Waals surface area contributed by atoms with Gasteiger partial charge in [-0.15, -0.1) is 12.4 Å². The quantitative estimate of drug-likeness (QED) is 0.734. The number of hydrogen-bond acceptors (Lipinski definition) is 5. The molecule has 9 heteroatoms. The van der Waals surface area contributed by atoms with Crippen LogP contribution >= 0.6 is 12.4 Å². The number of nitrogens with one attached hydrogen (secondary N) is 1. The topological polar surface area (TPSA) is 102 Å². The summed E-state index contributed by atoms with van der Waals surface area (Å²) in [6.45, 7) is 3.63. The van der Waals surface area contributed by atoms with Crippen molar-refractivity contribution in [2.24, 2.45) is 11.7 Å². The summed E-state index contributed by atoms with van der Waals surface area (Å²) in [6, 6.07) is 4.64. The molecule has 2 aliphatic rings. The van der Waals surface area contributed by atoms with E-state index in [1.54, 1.807) is 19.1 Å². The summed E-state index contributed by atoms with van der Waals surface area (Å²) in [5, 5.41) is 2.83. The van der Waals surface area contributed by atoms with Crippen molar-refractivity contribution in [1.29, 1.82) is 0 Å². The first-order chi connectivity index (χ1) is 11.9. The lowest BCUT2D eigenvalue weighted by Crippen LogP contribution is -2.41. The zero-order chi connectivity index (χ0) is 18.0. The van der Waals surface area contributed by atoms with Gasteiger partial charge in [0.1, 0.15) is 0 Å². The van der Waals surface area contributed by atoms with Crippen molar-refractivity contribution >= 4 is 28.3 Å². The third kappa shape index (κ3) is 4.75. The Bertz CT molecular complexity index is 746. The number of sulfonamides is 1. The van der Waals surface area contributed by atoms with Crippen LogP contribution in [0.5, 0.6) is 0 Å². The van der Waals surface area contributed by atoms with Crippen molar-refractivity contribution in [1.82, 2.24) is 9.62 Å². The fraction of sp³-hybridized carbons (Fsp3) is 0.588. The Kier molecular flexibility index (Phi) is 7.04. The van der Waals surface area contributed by atoms with E-state index in [2.05, 4.69) is 5.32 Å². The molecule has 3 rings (SSSR count). The molecule has 1 amide bonds. The number of aryl methyl sites for hydroxylation is 1. The number of nitrogens with zero attached hydrogens (tertiary/aromatic N) is 1. The van der Waals surface area contributed by atoms with Gasteiger partial charge in [0.05, 0.1) is 18.1 Å². The number of morpholine rings is 1. The number of benzene rings is 1. The Morgan fingerprint density at radius 2 is 2.00 bits per heavy atom. The number of halogens is 1. The number of ether oxygens (including phenoxy) is 1. The van der Waals surface area contributed by atoms with E-state index in [9.17, 15) is 13.2 Å². The maximum atomic E-state index is 12.8. The van der Waals surface area contributed by atoms with Gasteiger partial charge in [0, 0.05) is 31.2 Å². The van der Waals surface area contributed by atoms with Gasteiger partial charge in [-0.05, 0) is 43.4 Å². The standard InChI is InChI=1S/C17H25N3O4S.ClH/c1-12-2-5-14(25(22,23)20-6-8-24-9-7-20)10-15(12)17(21)19-11-16(18)13-3-4-13;/h2,5,10,13,16H,3-4,6-9,11,18H2,1H3,(H,19,21);1H. The molecule has 1 atom stereocenters. The van der Waals surface area contributed by atoms with Crippen LogP contribution in [-0.2, 0) is 14.8 Å². The lowest BCUT2D eigenvalue weighted by molar-refractivity contribution is 0.0730. The van der Waals surface area contributed by atoms with Crippen molar-refractivity contribution in [2.45, 2.75) is 30.7 Å². The van der Waals surface area contributed by atoms with Crippen LogP contribution in [0.3, 0.4) is 0 Å². The smallest absolute Gasteiger partial charge is 0.251 e. The van der Waals surface area contributed by atoms with E-state index in [1.165, 1.54) is 10.4 Å². The molecule has 1 aliphatic carbocycles. The highest BCUT2D eigenvalue weighted by Crippen LogP contribution is 2.31. The van der Waals surface area contributed by atoms with Crippen molar-refractivity contribution in [2.75, 3.05) is 32.8 Å². The Morgan fingerprint density at radius 1 is 1.35 bits per heavy atom. The lowest BCUT2D eigenvalue weighted by atomic mass is 10.1. The van der Waals surface area contributed by atoms with Gasteiger partial charge in [0.25, 0.3) is 5.91 Å². The fourth-order valence-electron chi connectivity index (χ4n) is 2.94. The first-order valence-electron chi connectivity index (χ1n) is 8.62. The zero-order valence-electron chi connectivity index (χ0n) is 14.8. The molecule has 1 saturated heterocycles. The molecule has 1 aliphatic heterocycles. The number of amides is 1. The predicted molar refractivity (Wildman–Crippen MR) is 101 cm³/mol. The largest absolute Gasteiger partial charge is 0.379 e. The molecule has 1 saturated carbocycles. The van der Waals surface area contributed by atoms with E-state index < -0.39 is 10.0 Å². The van der Waals surface area contributed by atoms with Crippen LogP contribution in [0, 0.1) is 12.8 Å². The second-order valence-electron chi connectivity index (χ2n) is 6.70. The number of carbonyl (C=O) groups excluding carboxylic acids is 1. The minimum atomic E-state index is -3.62. The van der Waals surface area contributed by atoms with Crippen molar-refractivity contribution in [3.05, 3.63) is 29.3 Å². The lowest BCUT2D eigenvalue weighted by Gasteiger charge is -2.26. The monoisotopic (exact) mass is 403 g/mol. The molecule has 0 aromatic heterocycles. The van der Waals surface area contributed by atoms with Crippen LogP contribution in [0.25, 0.3) is 0 Å². The van der Waals surface area contributed by atoms with Crippen molar-refractivity contribution in [3.8, 4) is 0 Å². The summed E-state index contributed by atoms with van der Waals surface area (Å²) >= 11 is 0. The second kappa shape index (κ2) is 8.67. The molecule has 1 aromatic carbocycles. The molecule has 7 nitrogen and oxygen atoms in total. The molecule has 0 spiro atoms. The second-order valence-corrected chi connectivity index (χ2v) is 8.64. The predicted octanol–water partition coefficient (Wildman–Crippen LogP) is 0.905. The molecule has 2 fully saturated rings.